The second kappa shape index (κ2) is 7.51. The van der Waals surface area contributed by atoms with Gasteiger partial charge in [0.15, 0.2) is 0 Å². The Hall–Kier alpha value is -1.72. The van der Waals surface area contributed by atoms with Crippen LogP contribution in [-0.4, -0.2) is 54.3 Å². The molecule has 5 heteroatoms. The minimum absolute atomic E-state index is 0.0101. The molecule has 1 N–H and O–H groups in total. The second-order valence-corrected chi connectivity index (χ2v) is 9.91. The molecule has 1 aromatic rings. The van der Waals surface area contributed by atoms with Gasteiger partial charge in [-0.1, -0.05) is 45.0 Å². The summed E-state index contributed by atoms with van der Waals surface area (Å²) in [6, 6.07) is 8.94. The van der Waals surface area contributed by atoms with Crippen LogP contribution in [-0.2, 0) is 9.59 Å². The predicted octanol–water partition coefficient (Wildman–Crippen LogP) is 3.14. The minimum atomic E-state index is -0.399. The van der Waals surface area contributed by atoms with Gasteiger partial charge in [0.1, 0.15) is 0 Å². The molecule has 3 unspecified atom stereocenters. The van der Waals surface area contributed by atoms with Crippen molar-refractivity contribution in [2.45, 2.75) is 53.0 Å². The van der Waals surface area contributed by atoms with E-state index in [4.69, 9.17) is 0 Å². The van der Waals surface area contributed by atoms with Crippen LogP contribution in [0, 0.1) is 23.7 Å². The van der Waals surface area contributed by atoms with Crippen LogP contribution in [0.4, 0.5) is 0 Å². The predicted molar refractivity (Wildman–Crippen MR) is 114 cm³/mol. The van der Waals surface area contributed by atoms with E-state index in [0.29, 0.717) is 12.6 Å². The van der Waals surface area contributed by atoms with Crippen molar-refractivity contribution in [1.29, 1.82) is 0 Å². The molecule has 5 nitrogen and oxygen atoms in total. The third kappa shape index (κ3) is 3.23. The van der Waals surface area contributed by atoms with Crippen LogP contribution in [0.2, 0.25) is 0 Å². The fourth-order valence-electron chi connectivity index (χ4n) is 5.83. The highest BCUT2D eigenvalue weighted by Gasteiger charge is 2.64. The molecule has 2 heterocycles. The number of carbonyl (C=O) groups is 2. The molecule has 3 aliphatic rings. The van der Waals surface area contributed by atoms with Gasteiger partial charge in [-0.2, -0.15) is 0 Å². The van der Waals surface area contributed by atoms with Crippen molar-refractivity contribution >= 4 is 11.8 Å². The third-order valence-corrected chi connectivity index (χ3v) is 8.24. The fourth-order valence-corrected chi connectivity index (χ4v) is 5.83. The zero-order valence-corrected chi connectivity index (χ0v) is 18.3. The molecule has 2 saturated heterocycles. The summed E-state index contributed by atoms with van der Waals surface area (Å²) in [7, 11) is 0. The first-order valence-corrected chi connectivity index (χ1v) is 11.1. The van der Waals surface area contributed by atoms with Crippen LogP contribution < -0.4 is 5.32 Å². The minimum Gasteiger partial charge on any atom is -0.314 e. The summed E-state index contributed by atoms with van der Waals surface area (Å²) in [4.78, 5) is 30.4. The Kier molecular flexibility index (Phi) is 5.32. The van der Waals surface area contributed by atoms with Crippen molar-refractivity contribution in [2.75, 3.05) is 32.7 Å². The normalized spacial score (nSPS) is 32.1. The van der Waals surface area contributed by atoms with Gasteiger partial charge in [0, 0.05) is 44.7 Å². The number of likely N-dealkylation sites (tertiary alicyclic amines) is 1. The number of rotatable bonds is 5. The van der Waals surface area contributed by atoms with Crippen LogP contribution in [0.25, 0.3) is 0 Å². The van der Waals surface area contributed by atoms with Crippen molar-refractivity contribution in [3.8, 4) is 0 Å². The third-order valence-electron chi connectivity index (χ3n) is 8.24. The number of amides is 2. The quantitative estimate of drug-likeness (QED) is 0.776. The van der Waals surface area contributed by atoms with E-state index in [1.54, 1.807) is 4.90 Å². The Morgan fingerprint density at radius 3 is 2.66 bits per heavy atom. The fraction of sp³-hybridized carbons (Fsp3) is 0.667. The molecule has 1 saturated carbocycles. The number of carbonyl (C=O) groups excluding carboxylic acids is 2. The maximum atomic E-state index is 13.2. The van der Waals surface area contributed by atoms with Crippen molar-refractivity contribution in [3.63, 3.8) is 0 Å². The number of imide groups is 1. The Balaban J connectivity index is 1.42. The molecule has 29 heavy (non-hydrogen) atoms. The summed E-state index contributed by atoms with van der Waals surface area (Å²) in [6.45, 7) is 12.8. The van der Waals surface area contributed by atoms with E-state index in [-0.39, 0.29) is 23.1 Å². The number of nitrogens with zero attached hydrogens (tertiary/aromatic N) is 2. The molecule has 2 aliphatic heterocycles. The van der Waals surface area contributed by atoms with Crippen molar-refractivity contribution < 1.29 is 9.59 Å². The topological polar surface area (TPSA) is 52.6 Å². The lowest BCUT2D eigenvalue weighted by molar-refractivity contribution is -0.167. The maximum Gasteiger partial charge on any atom is 0.235 e. The number of aryl methyl sites for hydroxylation is 1. The molecule has 0 radical (unpaired) electrons. The van der Waals surface area contributed by atoms with Gasteiger partial charge in [0.05, 0.1) is 5.41 Å². The highest BCUT2D eigenvalue weighted by molar-refractivity contribution is 6.03. The van der Waals surface area contributed by atoms with Gasteiger partial charge in [0.25, 0.3) is 0 Å². The van der Waals surface area contributed by atoms with Crippen molar-refractivity contribution in [3.05, 3.63) is 35.4 Å². The van der Waals surface area contributed by atoms with E-state index in [1.165, 1.54) is 11.1 Å². The summed E-state index contributed by atoms with van der Waals surface area (Å²) in [5.74, 6) is 0.104. The van der Waals surface area contributed by atoms with Crippen LogP contribution in [0.1, 0.15) is 57.2 Å². The molecule has 0 aromatic heterocycles. The van der Waals surface area contributed by atoms with Crippen molar-refractivity contribution in [1.82, 2.24) is 15.1 Å². The molecule has 0 spiro atoms. The van der Waals surface area contributed by atoms with E-state index >= 15 is 0 Å². The SMILES string of the molecule is Cc1ccccc1C1CNCCN1CCCN1C(=O)C2CCC(C)(C1=O)C2(C)C. The second-order valence-electron chi connectivity index (χ2n) is 9.91. The van der Waals surface area contributed by atoms with Crippen LogP contribution in [0.5, 0.6) is 0 Å². The summed E-state index contributed by atoms with van der Waals surface area (Å²) in [6.07, 6.45) is 2.51. The smallest absolute Gasteiger partial charge is 0.235 e. The Labute approximate surface area is 174 Å². The standard InChI is InChI=1S/C24H35N3O2/c1-17-8-5-6-9-18(17)20-16-25-12-15-26(20)13-7-14-27-21(28)19-10-11-24(4,22(27)29)23(19,2)3/h5-6,8-9,19-20,25H,7,10-16H2,1-4H3. The van der Waals surface area contributed by atoms with Gasteiger partial charge in [-0.25, -0.2) is 0 Å². The zero-order chi connectivity index (χ0) is 20.8. The van der Waals surface area contributed by atoms with Gasteiger partial charge in [-0.3, -0.25) is 19.4 Å². The molecule has 3 atom stereocenters. The summed E-state index contributed by atoms with van der Waals surface area (Å²) in [5.41, 5.74) is 2.06. The van der Waals surface area contributed by atoms with Crippen LogP contribution in [0.3, 0.4) is 0 Å². The number of benzene rings is 1. The molecule has 1 aromatic carbocycles. The van der Waals surface area contributed by atoms with Gasteiger partial charge < -0.3 is 5.32 Å². The number of hydrogen-bond donors (Lipinski definition) is 1. The monoisotopic (exact) mass is 397 g/mol. The first-order valence-electron chi connectivity index (χ1n) is 11.1. The van der Waals surface area contributed by atoms with E-state index in [9.17, 15) is 9.59 Å². The molecule has 3 fully saturated rings. The molecular formula is C24H35N3O2. The highest BCUT2D eigenvalue weighted by atomic mass is 16.2. The Morgan fingerprint density at radius 1 is 1.14 bits per heavy atom. The molecule has 2 amide bonds. The lowest BCUT2D eigenvalue weighted by Gasteiger charge is -2.48. The van der Waals surface area contributed by atoms with Gasteiger partial charge >= 0.3 is 0 Å². The van der Waals surface area contributed by atoms with Gasteiger partial charge in [-0.05, 0) is 42.7 Å². The number of piperidine rings is 1. The number of fused-ring (bicyclic) bond motifs is 2. The molecule has 2 bridgehead atoms. The van der Waals surface area contributed by atoms with Gasteiger partial charge in [-0.15, -0.1) is 0 Å². The number of nitrogens with one attached hydrogen (secondary N) is 1. The van der Waals surface area contributed by atoms with E-state index in [0.717, 1.165) is 45.4 Å². The maximum absolute atomic E-state index is 13.2. The Bertz CT molecular complexity index is 805. The van der Waals surface area contributed by atoms with Gasteiger partial charge in [0.2, 0.25) is 11.8 Å². The summed E-state index contributed by atoms with van der Waals surface area (Å²) < 4.78 is 0. The number of piperazine rings is 1. The van der Waals surface area contributed by atoms with Crippen LogP contribution >= 0.6 is 0 Å². The lowest BCUT2D eigenvalue weighted by atomic mass is 9.62. The zero-order valence-electron chi connectivity index (χ0n) is 18.3. The van der Waals surface area contributed by atoms with E-state index in [2.05, 4.69) is 62.2 Å². The molecule has 158 valence electrons. The highest BCUT2D eigenvalue weighted by Crippen LogP contribution is 2.60. The first-order chi connectivity index (χ1) is 13.8. The molecular weight excluding hydrogens is 362 g/mol. The Morgan fingerprint density at radius 2 is 1.90 bits per heavy atom. The number of hydrogen-bond acceptors (Lipinski definition) is 4. The average molecular weight is 398 g/mol. The largest absolute Gasteiger partial charge is 0.314 e. The lowest BCUT2D eigenvalue weighted by Crippen LogP contribution is -2.59. The molecule has 4 rings (SSSR count). The van der Waals surface area contributed by atoms with E-state index < -0.39 is 5.41 Å². The molecule has 1 aliphatic carbocycles. The van der Waals surface area contributed by atoms with E-state index in [1.807, 2.05) is 0 Å². The van der Waals surface area contributed by atoms with Crippen LogP contribution in [0.15, 0.2) is 24.3 Å². The summed E-state index contributed by atoms with van der Waals surface area (Å²) >= 11 is 0. The van der Waals surface area contributed by atoms with Crippen molar-refractivity contribution in [2.24, 2.45) is 16.7 Å². The first kappa shape index (κ1) is 20.5. The average Bonchev–Trinajstić information content (AvgIpc) is 2.89. The summed E-state index contributed by atoms with van der Waals surface area (Å²) in [5, 5.41) is 3.52.